The minimum atomic E-state index is 0.716. The molecular weight excluding hydrogens is 560 g/mol. The summed E-state index contributed by atoms with van der Waals surface area (Å²) in [5.41, 5.74) is 9.42. The Morgan fingerprint density at radius 3 is 1.40 bits per heavy atom. The Labute approximate surface area is 254 Å². The number of fused-ring (bicyclic) bond motifs is 10. The Balaban J connectivity index is 1.09. The van der Waals surface area contributed by atoms with E-state index in [1.165, 1.54) is 0 Å². The molecule has 0 aliphatic carbocycles. The topological polar surface area (TPSA) is 79.5 Å². The van der Waals surface area contributed by atoms with Crippen LogP contribution in [0.3, 0.4) is 0 Å². The van der Waals surface area contributed by atoms with Crippen molar-refractivity contribution in [2.75, 3.05) is 0 Å². The Kier molecular flexibility index (Phi) is 4.81. The summed E-state index contributed by atoms with van der Waals surface area (Å²) in [5, 5.41) is 0. The van der Waals surface area contributed by atoms with Gasteiger partial charge in [0.05, 0.1) is 33.4 Å². The monoisotopic (exact) mass is 582 g/mol. The van der Waals surface area contributed by atoms with Gasteiger partial charge in [-0.15, -0.1) is 0 Å². The highest BCUT2D eigenvalue weighted by atomic mass is 16.5. The lowest BCUT2D eigenvalue weighted by Gasteiger charge is -2.11. The van der Waals surface area contributed by atoms with Crippen molar-refractivity contribution in [3.8, 4) is 22.9 Å². The molecule has 45 heavy (non-hydrogen) atoms. The summed E-state index contributed by atoms with van der Waals surface area (Å²) in [4.78, 5) is 19.2. The van der Waals surface area contributed by atoms with Crippen LogP contribution in [0, 0.1) is 0 Å². The quantitative estimate of drug-likeness (QED) is 0.212. The van der Waals surface area contributed by atoms with Gasteiger partial charge in [0.15, 0.2) is 11.3 Å². The molecule has 0 N–H and O–H groups in total. The van der Waals surface area contributed by atoms with Crippen LogP contribution in [0.15, 0.2) is 134 Å². The molecule has 6 aromatic heterocycles. The molecule has 10 aromatic rings. The van der Waals surface area contributed by atoms with E-state index < -0.39 is 0 Å². The van der Waals surface area contributed by atoms with Crippen molar-refractivity contribution in [1.82, 2.24) is 37.9 Å². The second-order valence-corrected chi connectivity index (χ2v) is 10.9. The zero-order chi connectivity index (χ0) is 29.5. The van der Waals surface area contributed by atoms with Crippen LogP contribution < -0.4 is 4.74 Å². The van der Waals surface area contributed by atoms with Gasteiger partial charge in [0, 0.05) is 24.5 Å². The smallest absolute Gasteiger partial charge is 0.221 e. The van der Waals surface area contributed by atoms with Crippen LogP contribution >= 0.6 is 0 Å². The number of nitrogens with zero attached hydrogens (tertiary/aromatic N) is 8. The molecule has 0 saturated heterocycles. The highest BCUT2D eigenvalue weighted by Crippen LogP contribution is 2.33. The normalized spacial score (nSPS) is 12.0. The van der Waals surface area contributed by atoms with Gasteiger partial charge in [-0.25, -0.2) is 19.9 Å². The van der Waals surface area contributed by atoms with Gasteiger partial charge in [-0.1, -0.05) is 36.4 Å². The summed E-state index contributed by atoms with van der Waals surface area (Å²) >= 11 is 0. The summed E-state index contributed by atoms with van der Waals surface area (Å²) in [6.07, 6.45) is 3.61. The average Bonchev–Trinajstić information content (AvgIpc) is 3.81. The fourth-order valence-corrected chi connectivity index (χ4v) is 6.46. The molecule has 0 spiro atoms. The van der Waals surface area contributed by atoms with Crippen molar-refractivity contribution >= 4 is 55.9 Å². The Morgan fingerprint density at radius 2 is 0.911 bits per heavy atom. The van der Waals surface area contributed by atoms with Crippen LogP contribution in [-0.2, 0) is 0 Å². The average molecular weight is 583 g/mol. The van der Waals surface area contributed by atoms with E-state index in [0.717, 1.165) is 67.3 Å². The van der Waals surface area contributed by atoms with Gasteiger partial charge < -0.3 is 4.74 Å². The largest absolute Gasteiger partial charge is 0.457 e. The molecule has 9 heteroatoms. The summed E-state index contributed by atoms with van der Waals surface area (Å²) in [6, 6.07) is 40.6. The summed E-state index contributed by atoms with van der Waals surface area (Å²) in [6.45, 7) is 0. The zero-order valence-electron chi connectivity index (χ0n) is 23.7. The number of benzene rings is 4. The molecule has 0 unspecified atom stereocenters. The van der Waals surface area contributed by atoms with E-state index in [1.54, 1.807) is 12.4 Å². The fourth-order valence-electron chi connectivity index (χ4n) is 6.46. The molecule has 10 rings (SSSR count). The minimum Gasteiger partial charge on any atom is -0.457 e. The van der Waals surface area contributed by atoms with E-state index in [1.807, 2.05) is 84.9 Å². The first kappa shape index (κ1) is 24.0. The van der Waals surface area contributed by atoms with Crippen LogP contribution in [0.4, 0.5) is 0 Å². The second kappa shape index (κ2) is 9.01. The number of aromatic nitrogens is 8. The third-order valence-corrected chi connectivity index (χ3v) is 8.31. The molecule has 6 heterocycles. The number of rotatable bonds is 4. The molecule has 0 saturated carbocycles. The molecule has 4 aromatic carbocycles. The number of hydrogen-bond acceptors (Lipinski definition) is 5. The lowest BCUT2D eigenvalue weighted by Crippen LogP contribution is -1.97. The van der Waals surface area contributed by atoms with E-state index in [0.29, 0.717) is 11.5 Å². The maximum absolute atomic E-state index is 6.52. The Morgan fingerprint density at radius 1 is 0.444 bits per heavy atom. The standard InChI is InChI=1S/C36H22N8O/c1-3-17-31-29(15-1)41(35-39-27-13-7-19-37-33(27)43(31)35)23-9-5-11-25(21-23)45-26-12-6-10-24(22-26)42-30-16-2-4-18-32(30)44-34-28(40-36(42)44)14-8-20-38-34/h1-22H. The highest BCUT2D eigenvalue weighted by Gasteiger charge is 2.19. The second-order valence-electron chi connectivity index (χ2n) is 10.9. The number of ether oxygens (including phenoxy) is 1. The van der Waals surface area contributed by atoms with Gasteiger partial charge in [-0.2, -0.15) is 0 Å². The molecule has 0 bridgehead atoms. The lowest BCUT2D eigenvalue weighted by molar-refractivity contribution is 0.482. The van der Waals surface area contributed by atoms with E-state index in [-0.39, 0.29) is 0 Å². The maximum Gasteiger partial charge on any atom is 0.221 e. The SMILES string of the molecule is c1cc(Oc2cccc(-n3c4ccccc4n4c5ncccc5nc34)c2)cc(-n2c3ccccc3n3c4ncccc4nc23)c1. The van der Waals surface area contributed by atoms with Gasteiger partial charge in [0.2, 0.25) is 11.6 Å². The van der Waals surface area contributed by atoms with E-state index >= 15 is 0 Å². The van der Waals surface area contributed by atoms with Crippen LogP contribution in [0.1, 0.15) is 0 Å². The first-order valence-corrected chi connectivity index (χ1v) is 14.7. The first-order chi connectivity index (χ1) is 22.3. The van der Waals surface area contributed by atoms with Crippen molar-refractivity contribution in [2.24, 2.45) is 0 Å². The van der Waals surface area contributed by atoms with Gasteiger partial charge in [-0.05, 0) is 72.8 Å². The number of imidazole rings is 4. The molecule has 9 nitrogen and oxygen atoms in total. The molecule has 212 valence electrons. The van der Waals surface area contributed by atoms with Gasteiger partial charge >= 0.3 is 0 Å². The first-order valence-electron chi connectivity index (χ1n) is 14.7. The third-order valence-electron chi connectivity index (χ3n) is 8.31. The Hall–Kier alpha value is -6.48. The van der Waals surface area contributed by atoms with Crippen molar-refractivity contribution < 1.29 is 4.74 Å². The molecule has 0 amide bonds. The highest BCUT2D eigenvalue weighted by molar-refractivity contribution is 5.91. The van der Waals surface area contributed by atoms with Gasteiger partial charge in [0.1, 0.15) is 22.5 Å². The fraction of sp³-hybridized carbons (Fsp3) is 0. The minimum absolute atomic E-state index is 0.716. The number of hydrogen-bond donors (Lipinski definition) is 0. The number of pyridine rings is 2. The van der Waals surface area contributed by atoms with Gasteiger partial charge in [-0.3, -0.25) is 17.9 Å². The molecular formula is C36H22N8O. The van der Waals surface area contributed by atoms with Gasteiger partial charge in [0.25, 0.3) is 0 Å². The zero-order valence-corrected chi connectivity index (χ0v) is 23.7. The summed E-state index contributed by atoms with van der Waals surface area (Å²) in [7, 11) is 0. The van der Waals surface area contributed by atoms with Crippen molar-refractivity contribution in [3.63, 3.8) is 0 Å². The summed E-state index contributed by atoms with van der Waals surface area (Å²) in [5.74, 6) is 3.03. The van der Waals surface area contributed by atoms with Crippen molar-refractivity contribution in [3.05, 3.63) is 134 Å². The predicted molar refractivity (Wildman–Crippen MR) is 175 cm³/mol. The molecule has 0 aliphatic heterocycles. The van der Waals surface area contributed by atoms with E-state index in [2.05, 4.69) is 64.3 Å². The van der Waals surface area contributed by atoms with E-state index in [4.69, 9.17) is 14.7 Å². The van der Waals surface area contributed by atoms with Crippen LogP contribution in [0.2, 0.25) is 0 Å². The molecule has 0 fully saturated rings. The maximum atomic E-state index is 6.52. The van der Waals surface area contributed by atoms with Crippen molar-refractivity contribution in [2.45, 2.75) is 0 Å². The third kappa shape index (κ3) is 3.43. The van der Waals surface area contributed by atoms with Crippen molar-refractivity contribution in [1.29, 1.82) is 0 Å². The van der Waals surface area contributed by atoms with Crippen LogP contribution in [0.5, 0.6) is 11.5 Å². The molecule has 0 atom stereocenters. The van der Waals surface area contributed by atoms with E-state index in [9.17, 15) is 0 Å². The summed E-state index contributed by atoms with van der Waals surface area (Å²) < 4.78 is 15.0. The Bertz CT molecular complexity index is 2570. The molecule has 0 aliphatic rings. The van der Waals surface area contributed by atoms with Crippen LogP contribution in [-0.4, -0.2) is 37.9 Å². The lowest BCUT2D eigenvalue weighted by atomic mass is 10.2. The predicted octanol–water partition coefficient (Wildman–Crippen LogP) is 7.76. The number of para-hydroxylation sites is 4. The molecule has 0 radical (unpaired) electrons. The van der Waals surface area contributed by atoms with Crippen LogP contribution in [0.25, 0.3) is 67.3 Å².